The second kappa shape index (κ2) is 13.5. The molecule has 0 aliphatic rings. The Morgan fingerprint density at radius 2 is 1.86 bits per heavy atom. The van der Waals surface area contributed by atoms with Gasteiger partial charge in [0.2, 0.25) is 0 Å². The number of alkyl halides is 3. The van der Waals surface area contributed by atoms with Crippen molar-refractivity contribution in [2.45, 2.75) is 53.8 Å². The Morgan fingerprint density at radius 3 is 2.32 bits per heavy atom. The third kappa shape index (κ3) is 7.63. The fraction of sp³-hybridized carbons (Fsp3) is 0.346. The molecule has 0 bridgehead atoms. The van der Waals surface area contributed by atoms with Crippen LogP contribution in [0.1, 0.15) is 44.8 Å². The second-order valence-corrected chi connectivity index (χ2v) is 7.60. The number of aliphatic hydroxyl groups is 1. The summed E-state index contributed by atoms with van der Waals surface area (Å²) >= 11 is 0. The first-order valence-electron chi connectivity index (χ1n) is 11.5. The Labute approximate surface area is 213 Å². The number of aryl methyl sites for hydroxylation is 2. The van der Waals surface area contributed by atoms with Crippen molar-refractivity contribution in [3.8, 4) is 11.3 Å². The number of hydrogen-bond acceptors (Lipinski definition) is 6. The molecule has 0 saturated carbocycles. The van der Waals surface area contributed by atoms with E-state index in [1.54, 1.807) is 14.0 Å². The number of halogens is 4. The van der Waals surface area contributed by atoms with E-state index in [0.29, 0.717) is 17.5 Å². The molecule has 3 rings (SSSR count). The number of aromatic nitrogens is 3. The van der Waals surface area contributed by atoms with Crippen LogP contribution in [0, 0.1) is 13.8 Å². The second-order valence-electron chi connectivity index (χ2n) is 7.60. The van der Waals surface area contributed by atoms with Crippen LogP contribution in [0.15, 0.2) is 47.9 Å². The standard InChI is InChI=1S/C16H16F3N5.C8H11FO2.C2H6/c1-8-6-10(21-3)4-5-11(8)13-14-15(20)22-7-12(16(17,18)19)24(14)9(2)23-13;1-3-7(4-6(2)9)8(11)5-10;1-2/h4-7,21H,1-3H3,(H2,20,22);3-5,8,11H,1-2H3;1-2H3/b;6-4+,7-3+;. The number of benzene rings is 1. The Bertz CT molecular complexity index is 1280. The van der Waals surface area contributed by atoms with E-state index in [9.17, 15) is 22.4 Å². The van der Waals surface area contributed by atoms with Gasteiger partial charge in [-0.2, -0.15) is 13.2 Å². The van der Waals surface area contributed by atoms with Gasteiger partial charge in [-0.05, 0) is 57.0 Å². The Hall–Kier alpha value is -3.73. The number of aliphatic hydroxyl groups excluding tert-OH is 1. The molecule has 11 heteroatoms. The number of allylic oxidation sites excluding steroid dienone is 2. The van der Waals surface area contributed by atoms with E-state index in [0.717, 1.165) is 27.9 Å². The Balaban J connectivity index is 0.000000446. The van der Waals surface area contributed by atoms with Crippen LogP contribution in [0.2, 0.25) is 0 Å². The molecule has 1 atom stereocenters. The number of aldehydes is 1. The number of imidazole rings is 1. The summed E-state index contributed by atoms with van der Waals surface area (Å²) in [6.45, 7) is 10.3. The molecule has 202 valence electrons. The van der Waals surface area contributed by atoms with Crippen LogP contribution in [-0.2, 0) is 11.0 Å². The summed E-state index contributed by atoms with van der Waals surface area (Å²) < 4.78 is 53.1. The lowest BCUT2D eigenvalue weighted by atomic mass is 10.0. The summed E-state index contributed by atoms with van der Waals surface area (Å²) in [7, 11) is 1.79. The summed E-state index contributed by atoms with van der Waals surface area (Å²) in [5.74, 6) is -0.215. The molecular weight excluding hydrogens is 490 g/mol. The highest BCUT2D eigenvalue weighted by molar-refractivity contribution is 5.87. The number of fused-ring (bicyclic) bond motifs is 1. The number of nitrogens with one attached hydrogen (secondary N) is 1. The number of nitrogens with two attached hydrogens (primary N) is 1. The number of carbonyl (C=O) groups excluding carboxylic acids is 1. The Kier molecular flexibility index (Phi) is 11.5. The molecule has 7 nitrogen and oxygen atoms in total. The zero-order valence-electron chi connectivity index (χ0n) is 21.9. The van der Waals surface area contributed by atoms with Gasteiger partial charge in [0.15, 0.2) is 6.29 Å². The van der Waals surface area contributed by atoms with Crippen LogP contribution < -0.4 is 11.1 Å². The smallest absolute Gasteiger partial charge is 0.388 e. The van der Waals surface area contributed by atoms with Gasteiger partial charge in [-0.3, -0.25) is 4.40 Å². The molecule has 2 aromatic heterocycles. The monoisotopic (exact) mass is 523 g/mol. The van der Waals surface area contributed by atoms with Crippen molar-refractivity contribution in [3.63, 3.8) is 0 Å². The summed E-state index contributed by atoms with van der Waals surface area (Å²) in [6.07, 6.45) is -2.06. The molecular formula is C26H33F4N5O2. The molecule has 4 N–H and O–H groups in total. The van der Waals surface area contributed by atoms with Crippen LogP contribution in [0.4, 0.5) is 29.1 Å². The first-order chi connectivity index (χ1) is 17.3. The van der Waals surface area contributed by atoms with Crippen molar-refractivity contribution >= 4 is 23.3 Å². The number of carbonyl (C=O) groups is 1. The van der Waals surface area contributed by atoms with Crippen molar-refractivity contribution in [2.75, 3.05) is 18.1 Å². The maximum absolute atomic E-state index is 13.3. The van der Waals surface area contributed by atoms with Gasteiger partial charge in [-0.25, -0.2) is 14.4 Å². The minimum absolute atomic E-state index is 0.00990. The summed E-state index contributed by atoms with van der Waals surface area (Å²) in [5.41, 5.74) is 8.31. The van der Waals surface area contributed by atoms with Crippen LogP contribution in [0.3, 0.4) is 0 Å². The molecule has 0 aliphatic carbocycles. The molecule has 0 fully saturated rings. The number of hydrogen-bond donors (Lipinski definition) is 3. The molecule has 0 saturated heterocycles. The zero-order valence-corrected chi connectivity index (χ0v) is 21.9. The highest BCUT2D eigenvalue weighted by Gasteiger charge is 2.36. The van der Waals surface area contributed by atoms with Crippen molar-refractivity contribution in [3.05, 3.63) is 65.0 Å². The molecule has 0 spiro atoms. The van der Waals surface area contributed by atoms with E-state index in [1.165, 1.54) is 19.9 Å². The average molecular weight is 524 g/mol. The minimum atomic E-state index is -4.55. The van der Waals surface area contributed by atoms with Crippen LogP contribution in [0.5, 0.6) is 0 Å². The highest BCUT2D eigenvalue weighted by Crippen LogP contribution is 2.36. The van der Waals surface area contributed by atoms with Crippen molar-refractivity contribution in [2.24, 2.45) is 0 Å². The first-order valence-corrected chi connectivity index (χ1v) is 11.5. The topological polar surface area (TPSA) is 106 Å². The lowest BCUT2D eigenvalue weighted by Crippen LogP contribution is -2.14. The minimum Gasteiger partial charge on any atom is -0.388 e. The lowest BCUT2D eigenvalue weighted by Gasteiger charge is -2.12. The number of rotatable bonds is 5. The third-order valence-corrected chi connectivity index (χ3v) is 5.08. The third-order valence-electron chi connectivity index (χ3n) is 5.08. The van der Waals surface area contributed by atoms with Gasteiger partial charge >= 0.3 is 6.18 Å². The average Bonchev–Trinajstić information content (AvgIpc) is 3.20. The first kappa shape index (κ1) is 31.3. The molecule has 1 unspecified atom stereocenters. The fourth-order valence-electron chi connectivity index (χ4n) is 3.43. The van der Waals surface area contributed by atoms with Gasteiger partial charge in [-0.15, -0.1) is 0 Å². The molecule has 2 heterocycles. The van der Waals surface area contributed by atoms with Gasteiger partial charge in [-0.1, -0.05) is 26.0 Å². The number of anilines is 2. The van der Waals surface area contributed by atoms with Crippen molar-refractivity contribution < 1.29 is 27.5 Å². The molecule has 0 amide bonds. The molecule has 37 heavy (non-hydrogen) atoms. The predicted octanol–water partition coefficient (Wildman–Crippen LogP) is 6.05. The van der Waals surface area contributed by atoms with Crippen LogP contribution in [-0.4, -0.2) is 38.9 Å². The zero-order chi connectivity index (χ0) is 28.5. The normalized spacial score (nSPS) is 12.8. The van der Waals surface area contributed by atoms with Crippen LogP contribution in [0.25, 0.3) is 16.8 Å². The van der Waals surface area contributed by atoms with Crippen molar-refractivity contribution in [1.82, 2.24) is 14.4 Å². The van der Waals surface area contributed by atoms with Gasteiger partial charge in [0, 0.05) is 18.3 Å². The highest BCUT2D eigenvalue weighted by atomic mass is 19.4. The van der Waals surface area contributed by atoms with Crippen LogP contribution >= 0.6 is 0 Å². The van der Waals surface area contributed by atoms with E-state index in [1.807, 2.05) is 39.0 Å². The molecule has 0 aliphatic heterocycles. The van der Waals surface area contributed by atoms with Crippen molar-refractivity contribution in [1.29, 1.82) is 0 Å². The Morgan fingerprint density at radius 1 is 1.24 bits per heavy atom. The quantitative estimate of drug-likeness (QED) is 0.214. The summed E-state index contributed by atoms with van der Waals surface area (Å²) in [4.78, 5) is 18.1. The van der Waals surface area contributed by atoms with Gasteiger partial charge in [0.1, 0.15) is 34.7 Å². The number of nitrogen functional groups attached to an aromatic ring is 1. The van der Waals surface area contributed by atoms with Gasteiger partial charge in [0.05, 0.1) is 12.0 Å². The van der Waals surface area contributed by atoms with E-state index in [4.69, 9.17) is 10.8 Å². The van der Waals surface area contributed by atoms with E-state index in [-0.39, 0.29) is 22.7 Å². The number of nitrogens with zero attached hydrogens (tertiary/aromatic N) is 3. The lowest BCUT2D eigenvalue weighted by molar-refractivity contribution is -0.142. The molecule has 0 radical (unpaired) electrons. The fourth-order valence-corrected chi connectivity index (χ4v) is 3.43. The van der Waals surface area contributed by atoms with Gasteiger partial charge < -0.3 is 21.0 Å². The van der Waals surface area contributed by atoms with E-state index in [2.05, 4.69) is 15.3 Å². The molecule has 3 aromatic rings. The summed E-state index contributed by atoms with van der Waals surface area (Å²) in [5, 5.41) is 11.9. The maximum atomic E-state index is 13.3. The summed E-state index contributed by atoms with van der Waals surface area (Å²) in [6, 6.07) is 5.54. The van der Waals surface area contributed by atoms with E-state index < -0.39 is 23.8 Å². The maximum Gasteiger partial charge on any atom is 0.433 e. The largest absolute Gasteiger partial charge is 0.433 e. The predicted molar refractivity (Wildman–Crippen MR) is 139 cm³/mol. The van der Waals surface area contributed by atoms with Gasteiger partial charge in [0.25, 0.3) is 0 Å². The SMILES string of the molecule is C/C=C(\C=C(/C)F)C(O)C=O.CC.CNc1ccc(-c2nc(C)n3c(C(F)(F)F)cnc(N)c23)c(C)c1. The molecule has 1 aromatic carbocycles. The van der Waals surface area contributed by atoms with E-state index >= 15 is 0 Å².